The number of aromatic nitrogens is 4. The number of hydrogen-bond acceptors (Lipinski definition) is 7. The number of nitrogens with two attached hydrogens (primary N) is 1. The quantitative estimate of drug-likeness (QED) is 0.354. The molecule has 2 amide bonds. The Balaban J connectivity index is 1.64. The summed E-state index contributed by atoms with van der Waals surface area (Å²) in [6, 6.07) is 10.3. The number of aryl methyl sites for hydroxylation is 1. The van der Waals surface area contributed by atoms with Gasteiger partial charge in [0.2, 0.25) is 5.91 Å². The molecule has 3 N–H and O–H groups in total. The summed E-state index contributed by atoms with van der Waals surface area (Å²) in [6.07, 6.45) is 8.19. The van der Waals surface area contributed by atoms with E-state index in [0.717, 1.165) is 11.1 Å². The average molecular weight is 500 g/mol. The predicted molar refractivity (Wildman–Crippen MR) is 142 cm³/mol. The molecule has 0 aliphatic carbocycles. The van der Waals surface area contributed by atoms with E-state index in [9.17, 15) is 9.59 Å². The second kappa shape index (κ2) is 11.0. The van der Waals surface area contributed by atoms with Crippen LogP contribution >= 0.6 is 0 Å². The minimum absolute atomic E-state index is 0.177. The lowest BCUT2D eigenvalue weighted by molar-refractivity contribution is -0.126. The Morgan fingerprint density at radius 2 is 1.95 bits per heavy atom. The highest BCUT2D eigenvalue weighted by atomic mass is 16.5. The zero-order valence-corrected chi connectivity index (χ0v) is 21.2. The molecule has 4 rings (SSSR count). The molecular weight excluding hydrogens is 470 g/mol. The molecule has 0 spiro atoms. The molecule has 10 heteroatoms. The molecule has 0 unspecified atom stereocenters. The Kier molecular flexibility index (Phi) is 7.59. The van der Waals surface area contributed by atoms with E-state index in [-0.39, 0.29) is 17.9 Å². The molecule has 190 valence electrons. The lowest BCUT2D eigenvalue weighted by Gasteiger charge is -2.22. The van der Waals surface area contributed by atoms with Crippen molar-refractivity contribution in [1.29, 1.82) is 0 Å². The Bertz CT molecular complexity index is 1440. The Morgan fingerprint density at radius 1 is 1.19 bits per heavy atom. The maximum absolute atomic E-state index is 12.7. The van der Waals surface area contributed by atoms with Gasteiger partial charge in [-0.3, -0.25) is 14.0 Å². The number of amides is 2. The van der Waals surface area contributed by atoms with Crippen LogP contribution in [0.15, 0.2) is 67.1 Å². The number of anilines is 2. The fourth-order valence-electron chi connectivity index (χ4n) is 3.82. The number of carbonyl (C=O) groups excluding carboxylic acids is 2. The first-order valence-corrected chi connectivity index (χ1v) is 11.7. The van der Waals surface area contributed by atoms with Crippen LogP contribution in [0.1, 0.15) is 34.7 Å². The van der Waals surface area contributed by atoms with Gasteiger partial charge in [-0.25, -0.2) is 15.0 Å². The van der Waals surface area contributed by atoms with Gasteiger partial charge < -0.3 is 20.7 Å². The maximum Gasteiger partial charge on any atom is 0.256 e. The number of benzene rings is 1. The number of likely N-dealkylation sites (N-methyl/N-ethyl adjacent to an activating group) is 1. The summed E-state index contributed by atoms with van der Waals surface area (Å²) in [4.78, 5) is 40.2. The number of fused-ring (bicyclic) bond motifs is 1. The number of nitrogens with zero attached hydrogens (tertiary/aromatic N) is 5. The summed E-state index contributed by atoms with van der Waals surface area (Å²) >= 11 is 0. The first-order chi connectivity index (χ1) is 17.8. The van der Waals surface area contributed by atoms with E-state index in [1.807, 2.05) is 36.4 Å². The van der Waals surface area contributed by atoms with Gasteiger partial charge in [0.25, 0.3) is 5.91 Å². The molecule has 0 radical (unpaired) electrons. The average Bonchev–Trinajstić information content (AvgIpc) is 3.30. The van der Waals surface area contributed by atoms with Gasteiger partial charge in [0.05, 0.1) is 12.6 Å². The second-order valence-electron chi connectivity index (χ2n) is 8.58. The molecule has 4 aromatic rings. The van der Waals surface area contributed by atoms with Crippen molar-refractivity contribution in [3.05, 3.63) is 84.1 Å². The first-order valence-electron chi connectivity index (χ1n) is 11.7. The van der Waals surface area contributed by atoms with Crippen molar-refractivity contribution in [1.82, 2.24) is 24.3 Å². The highest BCUT2D eigenvalue weighted by Gasteiger charge is 2.24. The lowest BCUT2D eigenvalue weighted by atomic mass is 10.1. The zero-order valence-electron chi connectivity index (χ0n) is 21.2. The van der Waals surface area contributed by atoms with Crippen LogP contribution in [-0.4, -0.2) is 56.8 Å². The van der Waals surface area contributed by atoms with Gasteiger partial charge in [0, 0.05) is 50.0 Å². The van der Waals surface area contributed by atoms with Crippen molar-refractivity contribution in [2.75, 3.05) is 31.8 Å². The van der Waals surface area contributed by atoms with Crippen molar-refractivity contribution in [3.8, 4) is 11.3 Å². The van der Waals surface area contributed by atoms with Crippen molar-refractivity contribution >= 4 is 29.0 Å². The van der Waals surface area contributed by atoms with E-state index in [1.165, 1.54) is 6.08 Å². The smallest absolute Gasteiger partial charge is 0.256 e. The fourth-order valence-corrected chi connectivity index (χ4v) is 3.82. The molecule has 3 aromatic heterocycles. The number of hydrogen-bond donors (Lipinski definition) is 2. The van der Waals surface area contributed by atoms with Gasteiger partial charge in [-0.1, -0.05) is 24.3 Å². The molecule has 37 heavy (non-hydrogen) atoms. The standard InChI is InChI=1S/C27H29N7O3/c1-17-7-12-21(30-16-17)31-27(36)20-10-8-19(9-11-20)23-24-25(28)29-13-14-34(24)26(32-23)18(2)33(3)22(35)6-5-15-37-4/h5-14,16,18H,15H2,1-4H3,(H2,28,29)(H,30,31,36)/b6-5+/t18-/m0/s1. The van der Waals surface area contributed by atoms with Gasteiger partial charge >= 0.3 is 0 Å². The number of imidazole rings is 1. The highest BCUT2D eigenvalue weighted by molar-refractivity contribution is 6.04. The van der Waals surface area contributed by atoms with Crippen LogP contribution in [0.3, 0.4) is 0 Å². The molecule has 0 saturated heterocycles. The largest absolute Gasteiger partial charge is 0.382 e. The van der Waals surface area contributed by atoms with Crippen LogP contribution in [0.2, 0.25) is 0 Å². The Labute approximate surface area is 214 Å². The van der Waals surface area contributed by atoms with Crippen LogP contribution < -0.4 is 11.1 Å². The van der Waals surface area contributed by atoms with Crippen molar-refractivity contribution in [3.63, 3.8) is 0 Å². The minimum Gasteiger partial charge on any atom is -0.382 e. The summed E-state index contributed by atoms with van der Waals surface area (Å²) in [5, 5.41) is 2.79. The van der Waals surface area contributed by atoms with Crippen molar-refractivity contribution in [2.24, 2.45) is 0 Å². The lowest BCUT2D eigenvalue weighted by Crippen LogP contribution is -2.29. The van der Waals surface area contributed by atoms with E-state index in [2.05, 4.69) is 15.3 Å². The summed E-state index contributed by atoms with van der Waals surface area (Å²) in [6.45, 7) is 4.17. The van der Waals surface area contributed by atoms with Crippen LogP contribution in [0, 0.1) is 6.92 Å². The second-order valence-corrected chi connectivity index (χ2v) is 8.58. The Hall–Kier alpha value is -4.57. The molecule has 0 aliphatic rings. The molecule has 0 fully saturated rings. The number of ether oxygens (including phenoxy) is 1. The summed E-state index contributed by atoms with van der Waals surface area (Å²) in [7, 11) is 3.28. The first kappa shape index (κ1) is 25.5. The number of rotatable bonds is 8. The molecule has 1 atom stereocenters. The number of nitrogens with one attached hydrogen (secondary N) is 1. The summed E-state index contributed by atoms with van der Waals surface area (Å²) in [5.74, 6) is 0.970. The van der Waals surface area contributed by atoms with E-state index in [0.29, 0.717) is 40.8 Å². The predicted octanol–water partition coefficient (Wildman–Crippen LogP) is 3.66. The molecule has 1 aromatic carbocycles. The van der Waals surface area contributed by atoms with Gasteiger partial charge in [0.1, 0.15) is 28.7 Å². The zero-order chi connectivity index (χ0) is 26.5. The highest BCUT2D eigenvalue weighted by Crippen LogP contribution is 2.31. The third kappa shape index (κ3) is 5.49. The summed E-state index contributed by atoms with van der Waals surface area (Å²) in [5.41, 5.74) is 9.73. The third-order valence-electron chi connectivity index (χ3n) is 6.01. The number of nitrogen functional groups attached to an aromatic ring is 1. The minimum atomic E-state index is -0.366. The normalized spacial score (nSPS) is 12.1. The van der Waals surface area contributed by atoms with Crippen molar-refractivity contribution in [2.45, 2.75) is 19.9 Å². The number of carbonyl (C=O) groups is 2. The van der Waals surface area contributed by atoms with E-state index < -0.39 is 0 Å². The van der Waals surface area contributed by atoms with Crippen LogP contribution in [0.25, 0.3) is 16.8 Å². The number of methoxy groups -OCH3 is 1. The molecule has 3 heterocycles. The van der Waals surface area contributed by atoms with Crippen LogP contribution in [0.5, 0.6) is 0 Å². The Morgan fingerprint density at radius 3 is 2.62 bits per heavy atom. The maximum atomic E-state index is 12.7. The molecular formula is C27H29N7O3. The number of pyridine rings is 1. The fraction of sp³-hybridized carbons (Fsp3) is 0.222. The monoisotopic (exact) mass is 499 g/mol. The van der Waals surface area contributed by atoms with E-state index in [1.54, 1.807) is 61.9 Å². The van der Waals surface area contributed by atoms with E-state index >= 15 is 0 Å². The summed E-state index contributed by atoms with van der Waals surface area (Å²) < 4.78 is 6.82. The van der Waals surface area contributed by atoms with Gasteiger partial charge in [0.15, 0.2) is 0 Å². The van der Waals surface area contributed by atoms with Crippen molar-refractivity contribution < 1.29 is 14.3 Å². The molecule has 10 nitrogen and oxygen atoms in total. The van der Waals surface area contributed by atoms with Gasteiger partial charge in [-0.2, -0.15) is 0 Å². The third-order valence-corrected chi connectivity index (χ3v) is 6.01. The molecule has 0 bridgehead atoms. The SMILES string of the molecule is COC/C=C/C(=O)N(C)[C@@H](C)c1nc(-c2ccc(C(=O)Nc3ccc(C)cn3)cc2)c2c(N)nccn12. The van der Waals surface area contributed by atoms with Gasteiger partial charge in [-0.05, 0) is 37.6 Å². The molecule has 0 saturated carbocycles. The van der Waals surface area contributed by atoms with Gasteiger partial charge in [-0.15, -0.1) is 0 Å². The van der Waals surface area contributed by atoms with Crippen LogP contribution in [0.4, 0.5) is 11.6 Å². The van der Waals surface area contributed by atoms with Crippen LogP contribution in [-0.2, 0) is 9.53 Å². The van der Waals surface area contributed by atoms with E-state index in [4.69, 9.17) is 15.5 Å². The molecule has 0 aliphatic heterocycles. The topological polar surface area (TPSA) is 128 Å².